The highest BCUT2D eigenvalue weighted by atomic mass is 79.9. The minimum absolute atomic E-state index is 0.0183. The molecule has 2 amide bonds. The Kier molecular flexibility index (Phi) is 5.94. The number of benzene rings is 1. The van der Waals surface area contributed by atoms with Gasteiger partial charge in [0.25, 0.3) is 0 Å². The van der Waals surface area contributed by atoms with Crippen LogP contribution in [0.4, 0.5) is 5.82 Å². The fourth-order valence-electron chi connectivity index (χ4n) is 3.62. The van der Waals surface area contributed by atoms with E-state index in [2.05, 4.69) is 32.3 Å². The van der Waals surface area contributed by atoms with Crippen LogP contribution in [0, 0.1) is 5.92 Å². The lowest BCUT2D eigenvalue weighted by atomic mass is 9.96. The van der Waals surface area contributed by atoms with Gasteiger partial charge in [0.05, 0.1) is 6.61 Å². The summed E-state index contributed by atoms with van der Waals surface area (Å²) in [5, 5.41) is 2.85. The summed E-state index contributed by atoms with van der Waals surface area (Å²) in [6.07, 6.45) is 7.33. The lowest BCUT2D eigenvalue weighted by Crippen LogP contribution is -2.40. The summed E-state index contributed by atoms with van der Waals surface area (Å²) >= 11 is 3.33. The van der Waals surface area contributed by atoms with E-state index in [1.54, 1.807) is 23.2 Å². The van der Waals surface area contributed by atoms with E-state index in [1.807, 2.05) is 24.3 Å². The van der Waals surface area contributed by atoms with Gasteiger partial charge in [-0.1, -0.05) is 6.07 Å². The van der Waals surface area contributed by atoms with Crippen molar-refractivity contribution in [3.63, 3.8) is 0 Å². The molecule has 0 bridgehead atoms. The molecule has 1 saturated heterocycles. The maximum atomic E-state index is 12.5. The molecule has 4 rings (SSSR count). The number of likely N-dealkylation sites (tertiary alicyclic amines) is 1. The summed E-state index contributed by atoms with van der Waals surface area (Å²) in [4.78, 5) is 30.9. The Labute approximate surface area is 178 Å². The van der Waals surface area contributed by atoms with Crippen molar-refractivity contribution in [2.75, 3.05) is 25.0 Å². The van der Waals surface area contributed by atoms with Crippen LogP contribution in [0.2, 0.25) is 0 Å². The summed E-state index contributed by atoms with van der Waals surface area (Å²) in [5.74, 6) is 1.31. The van der Waals surface area contributed by atoms with Crippen LogP contribution >= 0.6 is 15.9 Å². The number of aromatic nitrogens is 1. The van der Waals surface area contributed by atoms with Gasteiger partial charge in [0, 0.05) is 42.2 Å². The molecular weight excluding hydrogens is 434 g/mol. The summed E-state index contributed by atoms with van der Waals surface area (Å²) in [7, 11) is 0. The number of amides is 2. The number of nitrogens with zero attached hydrogens (tertiary/aromatic N) is 2. The number of anilines is 1. The molecule has 7 heteroatoms. The molecule has 2 aliphatic rings. The number of halogens is 1. The zero-order valence-electron chi connectivity index (χ0n) is 15.9. The molecule has 1 aromatic heterocycles. The molecule has 0 unspecified atom stereocenters. The summed E-state index contributed by atoms with van der Waals surface area (Å²) in [6, 6.07) is 9.58. The molecule has 0 atom stereocenters. The van der Waals surface area contributed by atoms with Gasteiger partial charge in [-0.3, -0.25) is 9.59 Å². The zero-order valence-corrected chi connectivity index (χ0v) is 17.5. The average molecular weight is 456 g/mol. The van der Waals surface area contributed by atoms with Gasteiger partial charge in [0.15, 0.2) is 0 Å². The van der Waals surface area contributed by atoms with E-state index in [0.717, 1.165) is 28.8 Å². The number of carbonyl (C=O) groups is 2. The first-order chi connectivity index (χ1) is 14.1. The summed E-state index contributed by atoms with van der Waals surface area (Å²) in [5.41, 5.74) is 2.19. The van der Waals surface area contributed by atoms with Gasteiger partial charge in [0.2, 0.25) is 11.8 Å². The number of rotatable bonds is 4. The topological polar surface area (TPSA) is 71.5 Å². The summed E-state index contributed by atoms with van der Waals surface area (Å²) < 4.78 is 6.37. The molecule has 0 spiro atoms. The van der Waals surface area contributed by atoms with Gasteiger partial charge < -0.3 is 15.0 Å². The monoisotopic (exact) mass is 455 g/mol. The lowest BCUT2D eigenvalue weighted by Gasteiger charge is -2.30. The third-order valence-corrected chi connectivity index (χ3v) is 5.76. The molecule has 3 heterocycles. The Hall–Kier alpha value is -2.67. The van der Waals surface area contributed by atoms with Gasteiger partial charge in [-0.05, 0) is 70.2 Å². The molecule has 0 aliphatic carbocycles. The number of pyridine rings is 1. The Morgan fingerprint density at radius 2 is 2.03 bits per heavy atom. The minimum atomic E-state index is -0.106. The van der Waals surface area contributed by atoms with Crippen LogP contribution in [0.25, 0.3) is 6.08 Å². The van der Waals surface area contributed by atoms with Crippen LogP contribution in [0.3, 0.4) is 0 Å². The van der Waals surface area contributed by atoms with Gasteiger partial charge in [-0.2, -0.15) is 0 Å². The number of piperidine rings is 1. The Bertz CT molecular complexity index is 935. The smallest absolute Gasteiger partial charge is 0.246 e. The Morgan fingerprint density at radius 3 is 2.79 bits per heavy atom. The van der Waals surface area contributed by atoms with E-state index in [9.17, 15) is 9.59 Å². The van der Waals surface area contributed by atoms with Crippen LogP contribution in [0.15, 0.2) is 47.1 Å². The van der Waals surface area contributed by atoms with Crippen LogP contribution in [0.5, 0.6) is 5.75 Å². The SMILES string of the molecule is O=C(Nc1ccc(Br)cn1)C1CCN(C(=O)/C=C/c2ccc3c(c2)CCO3)CC1. The third kappa shape index (κ3) is 4.85. The van der Waals surface area contributed by atoms with Crippen molar-refractivity contribution >= 4 is 39.6 Å². The van der Waals surface area contributed by atoms with Crippen LogP contribution in [-0.4, -0.2) is 41.4 Å². The van der Waals surface area contributed by atoms with E-state index in [4.69, 9.17) is 4.74 Å². The molecule has 0 saturated carbocycles. The van der Waals surface area contributed by atoms with Crippen molar-refractivity contribution in [3.05, 3.63) is 58.2 Å². The van der Waals surface area contributed by atoms with E-state index < -0.39 is 0 Å². The van der Waals surface area contributed by atoms with Crippen LogP contribution in [0.1, 0.15) is 24.0 Å². The van der Waals surface area contributed by atoms with Crippen molar-refractivity contribution < 1.29 is 14.3 Å². The molecular formula is C22H22BrN3O3. The van der Waals surface area contributed by atoms with Crippen molar-refractivity contribution in [2.24, 2.45) is 5.92 Å². The number of carbonyl (C=O) groups excluding carboxylic acids is 2. The van der Waals surface area contributed by atoms with Gasteiger partial charge in [0.1, 0.15) is 11.6 Å². The first-order valence-corrected chi connectivity index (χ1v) is 10.5. The van der Waals surface area contributed by atoms with Crippen molar-refractivity contribution in [3.8, 4) is 5.75 Å². The standard InChI is InChI=1S/C22H22BrN3O3/c23-18-3-5-20(24-14-18)25-22(28)16-7-10-26(11-8-16)21(27)6-2-15-1-4-19-17(13-15)9-12-29-19/h1-6,13-14,16H,7-12H2,(H,24,25,28)/b6-2+. The predicted octanol–water partition coefficient (Wildman–Crippen LogP) is 3.67. The first-order valence-electron chi connectivity index (χ1n) is 9.73. The molecule has 1 aromatic carbocycles. The number of fused-ring (bicyclic) bond motifs is 1. The Morgan fingerprint density at radius 1 is 1.21 bits per heavy atom. The van der Waals surface area contributed by atoms with Crippen molar-refractivity contribution in [1.82, 2.24) is 9.88 Å². The molecule has 150 valence electrons. The molecule has 6 nitrogen and oxygen atoms in total. The second-order valence-corrected chi connectivity index (χ2v) is 8.17. The fraction of sp³-hybridized carbons (Fsp3) is 0.318. The Balaban J connectivity index is 1.28. The van der Waals surface area contributed by atoms with Crippen molar-refractivity contribution in [1.29, 1.82) is 0 Å². The summed E-state index contributed by atoms with van der Waals surface area (Å²) in [6.45, 7) is 1.88. The second kappa shape index (κ2) is 8.78. The van der Waals surface area contributed by atoms with E-state index in [0.29, 0.717) is 31.7 Å². The third-order valence-electron chi connectivity index (χ3n) is 5.29. The molecule has 1 N–H and O–H groups in total. The maximum absolute atomic E-state index is 12.5. The second-order valence-electron chi connectivity index (χ2n) is 7.25. The first kappa shape index (κ1) is 19.6. The molecule has 1 fully saturated rings. The van der Waals surface area contributed by atoms with E-state index in [-0.39, 0.29) is 17.7 Å². The van der Waals surface area contributed by atoms with E-state index >= 15 is 0 Å². The van der Waals surface area contributed by atoms with Gasteiger partial charge in [-0.15, -0.1) is 0 Å². The molecule has 2 aromatic rings. The average Bonchev–Trinajstić information content (AvgIpc) is 3.21. The molecule has 0 radical (unpaired) electrons. The highest BCUT2D eigenvalue weighted by Crippen LogP contribution is 2.26. The number of ether oxygens (including phenoxy) is 1. The number of hydrogen-bond donors (Lipinski definition) is 1. The highest BCUT2D eigenvalue weighted by molar-refractivity contribution is 9.10. The molecule has 2 aliphatic heterocycles. The van der Waals surface area contributed by atoms with Crippen LogP contribution < -0.4 is 10.1 Å². The minimum Gasteiger partial charge on any atom is -0.493 e. The van der Waals surface area contributed by atoms with Gasteiger partial charge in [-0.25, -0.2) is 4.98 Å². The van der Waals surface area contributed by atoms with Gasteiger partial charge >= 0.3 is 0 Å². The number of hydrogen-bond acceptors (Lipinski definition) is 4. The van der Waals surface area contributed by atoms with E-state index in [1.165, 1.54) is 5.56 Å². The molecule has 29 heavy (non-hydrogen) atoms. The normalized spacial score (nSPS) is 16.5. The maximum Gasteiger partial charge on any atom is 0.246 e. The van der Waals surface area contributed by atoms with Crippen molar-refractivity contribution in [2.45, 2.75) is 19.3 Å². The lowest BCUT2D eigenvalue weighted by molar-refractivity contribution is -0.130. The highest BCUT2D eigenvalue weighted by Gasteiger charge is 2.26. The largest absolute Gasteiger partial charge is 0.493 e. The number of nitrogens with one attached hydrogen (secondary N) is 1. The quantitative estimate of drug-likeness (QED) is 0.713. The zero-order chi connectivity index (χ0) is 20.2. The predicted molar refractivity (Wildman–Crippen MR) is 115 cm³/mol. The fourth-order valence-corrected chi connectivity index (χ4v) is 3.86. The van der Waals surface area contributed by atoms with Crippen LogP contribution in [-0.2, 0) is 16.0 Å².